The predicted molar refractivity (Wildman–Crippen MR) is 104 cm³/mol. The summed E-state index contributed by atoms with van der Waals surface area (Å²) in [6, 6.07) is 14.7. The molecular weight excluding hydrogens is 358 g/mol. The third-order valence-corrected chi connectivity index (χ3v) is 4.22. The molecular formula is C20H23N5O3. The van der Waals surface area contributed by atoms with E-state index in [0.717, 1.165) is 11.1 Å². The number of nitrogens with zero attached hydrogens (tertiary/aromatic N) is 3. The van der Waals surface area contributed by atoms with Gasteiger partial charge < -0.3 is 20.1 Å². The van der Waals surface area contributed by atoms with Gasteiger partial charge in [-0.25, -0.2) is 4.79 Å². The molecule has 1 aromatic heterocycles. The molecule has 1 heterocycles. The smallest absolute Gasteiger partial charge is 0.315 e. The summed E-state index contributed by atoms with van der Waals surface area (Å²) in [7, 11) is 3.16. The third-order valence-electron chi connectivity index (χ3n) is 4.22. The Morgan fingerprint density at radius 3 is 2.43 bits per heavy atom. The molecule has 0 saturated carbocycles. The van der Waals surface area contributed by atoms with Crippen LogP contribution < -0.4 is 20.1 Å². The third kappa shape index (κ3) is 5.00. The van der Waals surface area contributed by atoms with Gasteiger partial charge in [-0.2, -0.15) is 15.0 Å². The Kier molecular flexibility index (Phi) is 6.46. The van der Waals surface area contributed by atoms with Crippen molar-refractivity contribution in [3.63, 3.8) is 0 Å². The summed E-state index contributed by atoms with van der Waals surface area (Å²) >= 11 is 0. The second kappa shape index (κ2) is 9.40. The highest BCUT2D eigenvalue weighted by molar-refractivity contribution is 5.74. The molecule has 8 heteroatoms. The summed E-state index contributed by atoms with van der Waals surface area (Å²) in [5, 5.41) is 14.1. The first-order chi connectivity index (χ1) is 13.7. The molecule has 28 heavy (non-hydrogen) atoms. The molecule has 146 valence electrons. The Balaban J connectivity index is 1.63. The van der Waals surface area contributed by atoms with Gasteiger partial charge >= 0.3 is 6.03 Å². The Bertz CT molecular complexity index is 884. The van der Waals surface area contributed by atoms with E-state index in [1.165, 1.54) is 0 Å². The molecule has 0 fully saturated rings. The monoisotopic (exact) mass is 381 g/mol. The Labute approximate surface area is 163 Å². The molecule has 3 rings (SSSR count). The lowest BCUT2D eigenvalue weighted by Crippen LogP contribution is -2.39. The average molecular weight is 381 g/mol. The highest BCUT2D eigenvalue weighted by Gasteiger charge is 2.16. The van der Waals surface area contributed by atoms with Crippen LogP contribution in [0.2, 0.25) is 0 Å². The normalized spacial score (nSPS) is 11.5. The van der Waals surface area contributed by atoms with Crippen molar-refractivity contribution in [2.24, 2.45) is 0 Å². The highest BCUT2D eigenvalue weighted by Crippen LogP contribution is 2.27. The number of urea groups is 1. The summed E-state index contributed by atoms with van der Waals surface area (Å²) in [5.41, 5.74) is 1.87. The first-order valence-electron chi connectivity index (χ1n) is 8.84. The molecule has 1 unspecified atom stereocenters. The minimum absolute atomic E-state index is 0.265. The van der Waals surface area contributed by atoms with Crippen LogP contribution in [-0.2, 0) is 13.1 Å². The molecule has 2 N–H and O–H groups in total. The van der Waals surface area contributed by atoms with Crippen LogP contribution in [0.3, 0.4) is 0 Å². The van der Waals surface area contributed by atoms with Gasteiger partial charge in [0.15, 0.2) is 11.5 Å². The maximum absolute atomic E-state index is 12.5. The maximum atomic E-state index is 12.5. The van der Waals surface area contributed by atoms with Crippen molar-refractivity contribution in [1.29, 1.82) is 0 Å². The zero-order valence-corrected chi connectivity index (χ0v) is 15.8. The van der Waals surface area contributed by atoms with Gasteiger partial charge in [-0.05, 0) is 23.3 Å². The van der Waals surface area contributed by atoms with E-state index < -0.39 is 0 Å². The van der Waals surface area contributed by atoms with Crippen molar-refractivity contribution in [1.82, 2.24) is 25.6 Å². The molecule has 8 nitrogen and oxygen atoms in total. The van der Waals surface area contributed by atoms with Crippen LogP contribution in [0, 0.1) is 0 Å². The fourth-order valence-corrected chi connectivity index (χ4v) is 2.80. The van der Waals surface area contributed by atoms with Crippen molar-refractivity contribution in [2.75, 3.05) is 14.2 Å². The fraction of sp³-hybridized carbons (Fsp3) is 0.250. The van der Waals surface area contributed by atoms with Gasteiger partial charge in [0, 0.05) is 6.54 Å². The van der Waals surface area contributed by atoms with Crippen LogP contribution in [0.5, 0.6) is 11.5 Å². The molecule has 1 atom stereocenters. The summed E-state index contributed by atoms with van der Waals surface area (Å²) in [6.45, 7) is 0.786. The van der Waals surface area contributed by atoms with Crippen molar-refractivity contribution in [2.45, 2.75) is 19.1 Å². The van der Waals surface area contributed by atoms with Crippen molar-refractivity contribution < 1.29 is 14.3 Å². The SMILES string of the molecule is COc1ccc(CNC(=O)NC(Cn2nccn2)c2ccccc2)cc1OC. The van der Waals surface area contributed by atoms with Crippen LogP contribution in [0.1, 0.15) is 17.2 Å². The van der Waals surface area contributed by atoms with Gasteiger partial charge in [-0.3, -0.25) is 0 Å². The number of carbonyl (C=O) groups is 1. The molecule has 0 aliphatic rings. The van der Waals surface area contributed by atoms with E-state index in [1.54, 1.807) is 31.4 Å². The molecule has 2 aromatic carbocycles. The van der Waals surface area contributed by atoms with Crippen LogP contribution in [0.4, 0.5) is 4.79 Å². The van der Waals surface area contributed by atoms with Gasteiger partial charge in [0.25, 0.3) is 0 Å². The van der Waals surface area contributed by atoms with E-state index in [0.29, 0.717) is 24.6 Å². The van der Waals surface area contributed by atoms with E-state index in [1.807, 2.05) is 48.5 Å². The number of carbonyl (C=O) groups excluding carboxylic acids is 1. The summed E-state index contributed by atoms with van der Waals surface area (Å²) in [6.07, 6.45) is 3.22. The quantitative estimate of drug-likeness (QED) is 0.626. The van der Waals surface area contributed by atoms with Crippen LogP contribution in [-0.4, -0.2) is 35.2 Å². The number of hydrogen-bond acceptors (Lipinski definition) is 5. The van der Waals surface area contributed by atoms with Gasteiger partial charge in [-0.1, -0.05) is 36.4 Å². The van der Waals surface area contributed by atoms with E-state index in [-0.39, 0.29) is 12.1 Å². The minimum atomic E-state index is -0.282. The maximum Gasteiger partial charge on any atom is 0.315 e. The number of amides is 2. The van der Waals surface area contributed by atoms with Crippen molar-refractivity contribution in [3.05, 3.63) is 72.1 Å². The fourth-order valence-electron chi connectivity index (χ4n) is 2.80. The van der Waals surface area contributed by atoms with Crippen LogP contribution in [0.25, 0.3) is 0 Å². The number of ether oxygens (including phenoxy) is 2. The molecule has 0 aliphatic heterocycles. The first-order valence-corrected chi connectivity index (χ1v) is 8.84. The van der Waals surface area contributed by atoms with E-state index in [4.69, 9.17) is 9.47 Å². The van der Waals surface area contributed by atoms with E-state index in [2.05, 4.69) is 20.8 Å². The standard InChI is InChI=1S/C20H23N5O3/c1-27-18-9-8-15(12-19(18)28-2)13-21-20(26)24-17(14-25-22-10-11-23-25)16-6-4-3-5-7-16/h3-12,17H,13-14H2,1-2H3,(H2,21,24,26). The number of rotatable bonds is 8. The molecule has 0 aliphatic carbocycles. The molecule has 0 saturated heterocycles. The number of benzene rings is 2. The van der Waals surface area contributed by atoms with Crippen molar-refractivity contribution >= 4 is 6.03 Å². The molecule has 0 spiro atoms. The molecule has 0 bridgehead atoms. The second-order valence-corrected chi connectivity index (χ2v) is 6.06. The van der Waals surface area contributed by atoms with Gasteiger partial charge in [-0.15, -0.1) is 0 Å². The highest BCUT2D eigenvalue weighted by atomic mass is 16.5. The molecule has 2 amide bonds. The van der Waals surface area contributed by atoms with Crippen LogP contribution >= 0.6 is 0 Å². The Morgan fingerprint density at radius 2 is 1.75 bits per heavy atom. The lowest BCUT2D eigenvalue weighted by Gasteiger charge is -2.19. The Morgan fingerprint density at radius 1 is 1.04 bits per heavy atom. The predicted octanol–water partition coefficient (Wildman–Crippen LogP) is 2.54. The molecule has 3 aromatic rings. The van der Waals surface area contributed by atoms with Crippen molar-refractivity contribution in [3.8, 4) is 11.5 Å². The lowest BCUT2D eigenvalue weighted by molar-refractivity contribution is 0.234. The first kappa shape index (κ1) is 19.2. The number of hydrogen-bond donors (Lipinski definition) is 2. The Hall–Kier alpha value is -3.55. The van der Waals surface area contributed by atoms with Gasteiger partial charge in [0.05, 0.1) is 39.2 Å². The summed E-state index contributed by atoms with van der Waals surface area (Å²) in [5.74, 6) is 1.26. The summed E-state index contributed by atoms with van der Waals surface area (Å²) < 4.78 is 10.5. The number of nitrogens with one attached hydrogen (secondary N) is 2. The number of methoxy groups -OCH3 is 2. The lowest BCUT2D eigenvalue weighted by atomic mass is 10.1. The number of aromatic nitrogens is 3. The van der Waals surface area contributed by atoms with Gasteiger partial charge in [0.2, 0.25) is 0 Å². The topological polar surface area (TPSA) is 90.3 Å². The minimum Gasteiger partial charge on any atom is -0.493 e. The molecule has 0 radical (unpaired) electrons. The van der Waals surface area contributed by atoms with Crippen LogP contribution in [0.15, 0.2) is 60.9 Å². The summed E-state index contributed by atoms with van der Waals surface area (Å²) in [4.78, 5) is 14.0. The van der Waals surface area contributed by atoms with Gasteiger partial charge in [0.1, 0.15) is 0 Å². The average Bonchev–Trinajstić information content (AvgIpc) is 3.25. The second-order valence-electron chi connectivity index (χ2n) is 6.06. The largest absolute Gasteiger partial charge is 0.493 e. The zero-order valence-electron chi connectivity index (χ0n) is 15.8. The zero-order chi connectivity index (χ0) is 19.8. The van der Waals surface area contributed by atoms with E-state index in [9.17, 15) is 4.79 Å². The van der Waals surface area contributed by atoms with E-state index >= 15 is 0 Å².